The molecule has 4 rings (SSSR count). The van der Waals surface area contributed by atoms with E-state index in [1.54, 1.807) is 31.4 Å². The lowest BCUT2D eigenvalue weighted by atomic mass is 9.97. The SMILES string of the molecule is COc1ccccc1[C@H]1CCN(CCCCN2C(=O)c3ccccc3S2(O)O)C1. The molecule has 156 valence electrons. The molecule has 7 heteroatoms. The molecule has 6 nitrogen and oxygen atoms in total. The summed E-state index contributed by atoms with van der Waals surface area (Å²) in [6.45, 7) is 3.36. The number of amides is 1. The summed E-state index contributed by atoms with van der Waals surface area (Å²) in [7, 11) is -1.48. The predicted molar refractivity (Wildman–Crippen MR) is 115 cm³/mol. The van der Waals surface area contributed by atoms with E-state index in [0.717, 1.165) is 44.6 Å². The minimum Gasteiger partial charge on any atom is -0.496 e. The zero-order valence-corrected chi connectivity index (χ0v) is 17.5. The third-order valence-corrected chi connectivity index (χ3v) is 7.79. The lowest BCUT2D eigenvalue weighted by Crippen LogP contribution is -2.29. The fourth-order valence-corrected chi connectivity index (χ4v) is 6.03. The highest BCUT2D eigenvalue weighted by molar-refractivity contribution is 8.23. The van der Waals surface area contributed by atoms with E-state index in [4.69, 9.17) is 4.74 Å². The average Bonchev–Trinajstić information content (AvgIpc) is 3.28. The highest BCUT2D eigenvalue weighted by atomic mass is 32.3. The van der Waals surface area contributed by atoms with E-state index in [-0.39, 0.29) is 5.91 Å². The number of ether oxygens (including phenoxy) is 1. The number of hydrogen-bond donors (Lipinski definition) is 2. The highest BCUT2D eigenvalue weighted by Crippen LogP contribution is 2.58. The fourth-order valence-electron chi connectivity index (χ4n) is 4.36. The lowest BCUT2D eigenvalue weighted by Gasteiger charge is -2.37. The monoisotopic (exact) mass is 416 g/mol. The largest absolute Gasteiger partial charge is 0.496 e. The van der Waals surface area contributed by atoms with Crippen LogP contribution in [0.5, 0.6) is 5.75 Å². The molecule has 0 aliphatic carbocycles. The van der Waals surface area contributed by atoms with E-state index < -0.39 is 10.8 Å². The van der Waals surface area contributed by atoms with Gasteiger partial charge in [0.25, 0.3) is 5.91 Å². The van der Waals surface area contributed by atoms with Crippen LogP contribution in [-0.4, -0.2) is 57.5 Å². The van der Waals surface area contributed by atoms with Crippen molar-refractivity contribution in [2.45, 2.75) is 30.1 Å². The van der Waals surface area contributed by atoms with Crippen molar-refractivity contribution >= 4 is 16.7 Å². The van der Waals surface area contributed by atoms with Crippen molar-refractivity contribution in [2.75, 3.05) is 33.3 Å². The minimum absolute atomic E-state index is 0.280. The number of unbranched alkanes of at least 4 members (excludes halogenated alkanes) is 1. The second-order valence-corrected chi connectivity index (χ2v) is 9.58. The Morgan fingerprint density at radius 3 is 2.59 bits per heavy atom. The summed E-state index contributed by atoms with van der Waals surface area (Å²) < 4.78 is 27.8. The maximum atomic E-state index is 12.5. The molecule has 2 aromatic rings. The number of carbonyl (C=O) groups is 1. The van der Waals surface area contributed by atoms with Gasteiger partial charge < -0.3 is 9.64 Å². The summed E-state index contributed by atoms with van der Waals surface area (Å²) in [5.41, 5.74) is 1.68. The summed E-state index contributed by atoms with van der Waals surface area (Å²) in [5, 5.41) is 0. The van der Waals surface area contributed by atoms with Crippen molar-refractivity contribution in [2.24, 2.45) is 0 Å². The molecule has 0 aromatic heterocycles. The maximum absolute atomic E-state index is 12.5. The molecule has 1 atom stereocenters. The number of hydrogen-bond acceptors (Lipinski definition) is 5. The first kappa shape index (κ1) is 20.2. The van der Waals surface area contributed by atoms with Gasteiger partial charge in [-0.2, -0.15) is 0 Å². The van der Waals surface area contributed by atoms with Gasteiger partial charge in [-0.1, -0.05) is 41.1 Å². The van der Waals surface area contributed by atoms with Crippen molar-refractivity contribution in [3.05, 3.63) is 59.7 Å². The van der Waals surface area contributed by atoms with Crippen LogP contribution in [0.3, 0.4) is 0 Å². The first-order valence-corrected chi connectivity index (χ1v) is 11.6. The van der Waals surface area contributed by atoms with E-state index in [0.29, 0.717) is 22.9 Å². The van der Waals surface area contributed by atoms with Crippen molar-refractivity contribution < 1.29 is 18.6 Å². The molecule has 1 saturated heterocycles. The van der Waals surface area contributed by atoms with Crippen LogP contribution < -0.4 is 4.74 Å². The fraction of sp³-hybridized carbons (Fsp3) is 0.409. The molecule has 0 spiro atoms. The summed E-state index contributed by atoms with van der Waals surface area (Å²) in [5.74, 6) is 1.16. The highest BCUT2D eigenvalue weighted by Gasteiger charge is 2.40. The number of rotatable bonds is 7. The molecule has 0 unspecified atom stereocenters. The van der Waals surface area contributed by atoms with E-state index >= 15 is 0 Å². The normalized spacial score (nSPS) is 22.0. The molecule has 2 heterocycles. The Labute approximate surface area is 173 Å². The summed E-state index contributed by atoms with van der Waals surface area (Å²) in [6.07, 6.45) is 2.76. The zero-order chi connectivity index (χ0) is 20.4. The Bertz CT molecular complexity index is 889. The van der Waals surface area contributed by atoms with Gasteiger partial charge in [0, 0.05) is 19.0 Å². The molecule has 29 heavy (non-hydrogen) atoms. The molecule has 0 saturated carbocycles. The number of nitrogens with zero attached hydrogens (tertiary/aromatic N) is 2. The molecule has 0 bridgehead atoms. The van der Waals surface area contributed by atoms with E-state index in [2.05, 4.69) is 17.0 Å². The van der Waals surface area contributed by atoms with Gasteiger partial charge in [0.05, 0.1) is 17.6 Å². The van der Waals surface area contributed by atoms with Gasteiger partial charge in [0.1, 0.15) is 5.75 Å². The summed E-state index contributed by atoms with van der Waals surface area (Å²) >= 11 is 0. The van der Waals surface area contributed by atoms with E-state index in [9.17, 15) is 13.9 Å². The van der Waals surface area contributed by atoms with Gasteiger partial charge >= 0.3 is 0 Å². The number of benzene rings is 2. The van der Waals surface area contributed by atoms with Gasteiger partial charge in [-0.05, 0) is 56.1 Å². The number of likely N-dealkylation sites (tertiary alicyclic amines) is 1. The smallest absolute Gasteiger partial charge is 0.274 e. The Morgan fingerprint density at radius 2 is 1.79 bits per heavy atom. The Kier molecular flexibility index (Phi) is 5.83. The van der Waals surface area contributed by atoms with Crippen LogP contribution in [0.15, 0.2) is 53.4 Å². The number of fused-ring (bicyclic) bond motifs is 1. The minimum atomic E-state index is -3.19. The van der Waals surface area contributed by atoms with Gasteiger partial charge in [0.2, 0.25) is 0 Å². The quantitative estimate of drug-likeness (QED) is 0.653. The molecule has 2 N–H and O–H groups in total. The average molecular weight is 417 g/mol. The van der Waals surface area contributed by atoms with Crippen LogP contribution in [0.2, 0.25) is 0 Å². The molecular formula is C22H28N2O4S. The van der Waals surface area contributed by atoms with Crippen molar-refractivity contribution in [3.8, 4) is 5.75 Å². The number of para-hydroxylation sites is 1. The van der Waals surface area contributed by atoms with Crippen LogP contribution >= 0.6 is 10.8 Å². The van der Waals surface area contributed by atoms with Crippen LogP contribution in [0, 0.1) is 0 Å². The third-order valence-electron chi connectivity index (χ3n) is 5.88. The number of carbonyl (C=O) groups excluding carboxylic acids is 1. The van der Waals surface area contributed by atoms with E-state index in [1.165, 1.54) is 9.87 Å². The molecule has 2 aliphatic heterocycles. The first-order valence-electron chi connectivity index (χ1n) is 10.1. The Balaban J connectivity index is 1.27. The zero-order valence-electron chi connectivity index (χ0n) is 16.7. The predicted octanol–water partition coefficient (Wildman–Crippen LogP) is 4.45. The van der Waals surface area contributed by atoms with Gasteiger partial charge in [-0.15, -0.1) is 0 Å². The third kappa shape index (κ3) is 3.88. The van der Waals surface area contributed by atoms with Crippen LogP contribution in [0.1, 0.15) is 41.1 Å². The molecular weight excluding hydrogens is 388 g/mol. The van der Waals surface area contributed by atoms with Crippen molar-refractivity contribution in [3.63, 3.8) is 0 Å². The molecule has 1 fully saturated rings. The van der Waals surface area contributed by atoms with Crippen molar-refractivity contribution in [1.82, 2.24) is 9.21 Å². The van der Waals surface area contributed by atoms with Gasteiger partial charge in [0.15, 0.2) is 0 Å². The summed E-state index contributed by atoms with van der Waals surface area (Å²) in [4.78, 5) is 15.3. The Hall–Kier alpha value is -2.06. The summed E-state index contributed by atoms with van der Waals surface area (Å²) in [6, 6.07) is 15.0. The number of methoxy groups -OCH3 is 1. The van der Waals surface area contributed by atoms with Crippen LogP contribution in [0.25, 0.3) is 0 Å². The second kappa shape index (κ2) is 8.36. The maximum Gasteiger partial charge on any atom is 0.274 e. The molecule has 2 aliphatic rings. The topological polar surface area (TPSA) is 73.2 Å². The Morgan fingerprint density at radius 1 is 1.07 bits per heavy atom. The van der Waals surface area contributed by atoms with Gasteiger partial charge in [-0.25, -0.2) is 4.31 Å². The molecule has 1 amide bonds. The van der Waals surface area contributed by atoms with Crippen LogP contribution in [0.4, 0.5) is 0 Å². The first-order chi connectivity index (χ1) is 14.0. The van der Waals surface area contributed by atoms with Gasteiger partial charge in [-0.3, -0.25) is 13.9 Å². The second-order valence-electron chi connectivity index (χ2n) is 7.66. The standard InChI is InChI=1S/C22H28N2O4S/c1-28-20-10-4-2-8-18(20)17-12-15-23(16-17)13-6-7-14-24-22(25)19-9-3-5-11-21(19)29(24,26)27/h2-5,8-11,17,26-27H,6-7,12-16H2,1H3/t17-/m0/s1. The molecule has 0 radical (unpaired) electrons. The van der Waals surface area contributed by atoms with Crippen molar-refractivity contribution in [1.29, 1.82) is 0 Å². The van der Waals surface area contributed by atoms with E-state index in [1.807, 2.05) is 12.1 Å². The lowest BCUT2D eigenvalue weighted by molar-refractivity contribution is 0.0860. The van der Waals surface area contributed by atoms with Crippen LogP contribution in [-0.2, 0) is 0 Å². The molecule has 2 aromatic carbocycles.